The van der Waals surface area contributed by atoms with Crippen molar-refractivity contribution in [3.8, 4) is 0 Å². The summed E-state index contributed by atoms with van der Waals surface area (Å²) in [7, 11) is 0. The van der Waals surface area contributed by atoms with E-state index in [1.165, 1.54) is 39.2 Å². The van der Waals surface area contributed by atoms with Crippen molar-refractivity contribution in [1.29, 1.82) is 0 Å². The van der Waals surface area contributed by atoms with Gasteiger partial charge in [0.2, 0.25) is 0 Å². The summed E-state index contributed by atoms with van der Waals surface area (Å²) in [6.07, 6.45) is 0. The fraction of sp³-hybridized carbons (Fsp3) is 0. The average Bonchev–Trinajstić information content (AvgIpc) is 2.87. The first-order valence-electron chi connectivity index (χ1n) is 10.6. The molecule has 6 heteroatoms. The third kappa shape index (κ3) is 6.36. The van der Waals surface area contributed by atoms with Crippen LogP contribution in [0.1, 0.15) is 0 Å². The molecule has 0 unspecified atom stereocenters. The van der Waals surface area contributed by atoms with E-state index in [2.05, 4.69) is 119 Å². The van der Waals surface area contributed by atoms with Gasteiger partial charge in [-0.2, -0.15) is 0 Å². The van der Waals surface area contributed by atoms with Gasteiger partial charge in [0.15, 0.2) is 0 Å². The van der Waals surface area contributed by atoms with Crippen LogP contribution in [0.15, 0.2) is 158 Å². The quantitative estimate of drug-likeness (QED) is 0.213. The summed E-state index contributed by atoms with van der Waals surface area (Å²) in [5.74, 6) is 0. The van der Waals surface area contributed by atoms with E-state index in [4.69, 9.17) is 0 Å². The lowest BCUT2D eigenvalue weighted by atomic mass is 10.4. The smallest absolute Gasteiger partial charge is 0.0262 e. The molecule has 1 aliphatic heterocycles. The first kappa shape index (κ1) is 24.2. The highest BCUT2D eigenvalue weighted by molar-refractivity contribution is 8.08. The van der Waals surface area contributed by atoms with Gasteiger partial charge in [-0.1, -0.05) is 119 Å². The third-order valence-corrected chi connectivity index (χ3v) is 11.4. The van der Waals surface area contributed by atoms with Crippen LogP contribution in [0.25, 0.3) is 0 Å². The Morgan fingerprint density at radius 2 is 0.471 bits per heavy atom. The molecule has 4 aromatic carbocycles. The SMILES string of the molecule is C1=C\Sc2ccccc2Sc2ccccc2S/C=C\Sc2ccccc2Sc2ccccc2S/1. The van der Waals surface area contributed by atoms with Crippen LogP contribution < -0.4 is 0 Å². The minimum absolute atomic E-state index is 1.27. The maximum Gasteiger partial charge on any atom is 0.0262 e. The highest BCUT2D eigenvalue weighted by atomic mass is 32.2. The second-order valence-corrected chi connectivity index (χ2v) is 13.0. The van der Waals surface area contributed by atoms with Gasteiger partial charge in [0.1, 0.15) is 0 Å². The van der Waals surface area contributed by atoms with E-state index in [1.807, 2.05) is 23.5 Å². The summed E-state index contributed by atoms with van der Waals surface area (Å²) >= 11 is 10.8. The van der Waals surface area contributed by atoms with Gasteiger partial charge in [-0.05, 0) is 70.2 Å². The largest absolute Gasteiger partial charge is 0.0963 e. The molecule has 0 fully saturated rings. The highest BCUT2D eigenvalue weighted by Crippen LogP contribution is 2.43. The van der Waals surface area contributed by atoms with Crippen molar-refractivity contribution in [3.63, 3.8) is 0 Å². The van der Waals surface area contributed by atoms with Crippen LogP contribution in [0.3, 0.4) is 0 Å². The first-order chi connectivity index (χ1) is 16.9. The Hall–Kier alpha value is -1.54. The molecule has 5 rings (SSSR count). The van der Waals surface area contributed by atoms with Crippen LogP contribution in [-0.4, -0.2) is 0 Å². The number of fused-ring (bicyclic) bond motifs is 4. The highest BCUT2D eigenvalue weighted by Gasteiger charge is 2.10. The van der Waals surface area contributed by atoms with Crippen LogP contribution in [-0.2, 0) is 0 Å². The molecular weight excluding hydrogens is 529 g/mol. The molecule has 0 N–H and O–H groups in total. The number of rotatable bonds is 0. The van der Waals surface area contributed by atoms with E-state index >= 15 is 0 Å². The summed E-state index contributed by atoms with van der Waals surface area (Å²) in [5, 5.41) is 8.79. The van der Waals surface area contributed by atoms with Gasteiger partial charge in [-0.25, -0.2) is 0 Å². The Labute approximate surface area is 226 Å². The normalized spacial score (nSPS) is 16.0. The van der Waals surface area contributed by atoms with Crippen molar-refractivity contribution in [3.05, 3.63) is 119 Å². The minimum atomic E-state index is 1.27. The van der Waals surface area contributed by atoms with Crippen molar-refractivity contribution in [1.82, 2.24) is 0 Å². The van der Waals surface area contributed by atoms with Crippen LogP contribution >= 0.6 is 70.6 Å². The van der Waals surface area contributed by atoms with Gasteiger partial charge >= 0.3 is 0 Å². The predicted molar refractivity (Wildman–Crippen MR) is 156 cm³/mol. The Morgan fingerprint density at radius 1 is 0.265 bits per heavy atom. The van der Waals surface area contributed by atoms with E-state index in [0.717, 1.165) is 0 Å². The molecule has 0 amide bonds. The molecule has 0 radical (unpaired) electrons. The van der Waals surface area contributed by atoms with Crippen molar-refractivity contribution in [2.75, 3.05) is 0 Å². The molecule has 34 heavy (non-hydrogen) atoms. The predicted octanol–water partition coefficient (Wildman–Crippen LogP) is 11.0. The van der Waals surface area contributed by atoms with Crippen LogP contribution in [0.4, 0.5) is 0 Å². The minimum Gasteiger partial charge on any atom is -0.0963 e. The maximum absolute atomic E-state index is 2.21. The summed E-state index contributed by atoms with van der Waals surface area (Å²) in [6.45, 7) is 0. The molecule has 0 saturated heterocycles. The van der Waals surface area contributed by atoms with E-state index in [0.29, 0.717) is 0 Å². The summed E-state index contributed by atoms with van der Waals surface area (Å²) < 4.78 is 0. The molecule has 4 aromatic rings. The van der Waals surface area contributed by atoms with Gasteiger partial charge in [0.05, 0.1) is 0 Å². The molecule has 0 bridgehead atoms. The van der Waals surface area contributed by atoms with Crippen molar-refractivity contribution in [2.24, 2.45) is 0 Å². The maximum atomic E-state index is 2.21. The Morgan fingerprint density at radius 3 is 0.706 bits per heavy atom. The zero-order valence-electron chi connectivity index (χ0n) is 18.0. The molecule has 0 nitrogen and oxygen atoms in total. The molecule has 0 aliphatic carbocycles. The van der Waals surface area contributed by atoms with Gasteiger partial charge in [-0.3, -0.25) is 0 Å². The molecule has 1 heterocycles. The fourth-order valence-corrected chi connectivity index (χ4v) is 8.82. The Bertz CT molecular complexity index is 1130. The molecule has 1 aliphatic rings. The molecular formula is C28H20S6. The monoisotopic (exact) mass is 548 g/mol. The number of hydrogen-bond acceptors (Lipinski definition) is 6. The molecule has 0 atom stereocenters. The van der Waals surface area contributed by atoms with E-state index in [-0.39, 0.29) is 0 Å². The van der Waals surface area contributed by atoms with E-state index in [1.54, 1.807) is 47.0 Å². The lowest BCUT2D eigenvalue weighted by Gasteiger charge is -2.11. The lowest BCUT2D eigenvalue weighted by Crippen LogP contribution is -1.81. The molecule has 0 spiro atoms. The summed E-state index contributed by atoms with van der Waals surface area (Å²) in [4.78, 5) is 10.2. The second-order valence-electron chi connectivity index (χ2n) is 7.01. The zero-order valence-corrected chi connectivity index (χ0v) is 22.9. The molecule has 0 saturated carbocycles. The zero-order chi connectivity index (χ0) is 23.0. The number of benzene rings is 4. The fourth-order valence-electron chi connectivity index (χ4n) is 3.17. The van der Waals surface area contributed by atoms with Crippen molar-refractivity contribution in [2.45, 2.75) is 39.2 Å². The first-order valence-corrected chi connectivity index (χ1v) is 15.7. The van der Waals surface area contributed by atoms with Gasteiger partial charge in [0, 0.05) is 39.2 Å². The second kappa shape index (κ2) is 12.4. The third-order valence-electron chi connectivity index (χ3n) is 4.73. The van der Waals surface area contributed by atoms with Crippen LogP contribution in [0.2, 0.25) is 0 Å². The van der Waals surface area contributed by atoms with Crippen molar-refractivity contribution >= 4 is 70.6 Å². The molecule has 0 aromatic heterocycles. The molecule has 168 valence electrons. The van der Waals surface area contributed by atoms with E-state index < -0.39 is 0 Å². The topological polar surface area (TPSA) is 0 Å². The van der Waals surface area contributed by atoms with Gasteiger partial charge in [0.25, 0.3) is 0 Å². The number of hydrogen-bond donors (Lipinski definition) is 0. The Balaban J connectivity index is 1.51. The van der Waals surface area contributed by atoms with Crippen LogP contribution in [0.5, 0.6) is 0 Å². The lowest BCUT2D eigenvalue weighted by molar-refractivity contribution is 1.21. The van der Waals surface area contributed by atoms with E-state index in [9.17, 15) is 0 Å². The summed E-state index contributed by atoms with van der Waals surface area (Å²) in [5.41, 5.74) is 0. The van der Waals surface area contributed by atoms with Crippen LogP contribution in [0, 0.1) is 0 Å². The Kier molecular flexibility index (Phi) is 8.83. The van der Waals surface area contributed by atoms with Crippen molar-refractivity contribution < 1.29 is 0 Å². The summed E-state index contributed by atoms with van der Waals surface area (Å²) in [6, 6.07) is 34.6. The van der Waals surface area contributed by atoms with Gasteiger partial charge in [-0.15, -0.1) is 0 Å². The number of thioether (sulfide) groups is 4. The standard InChI is InChI=1S/C28H20S6/c1-5-13-25-21(9-1)29-17-18-30-23-11-3-7-15-27(23)34-28-16-8-4-12-24(28)32-20-19-31-22-10-2-6-14-26(22)33-25/h1-20H/b18-17-,20-19-. The average molecular weight is 549 g/mol. The van der Waals surface area contributed by atoms with Gasteiger partial charge < -0.3 is 0 Å².